The van der Waals surface area contributed by atoms with Gasteiger partial charge in [-0.25, -0.2) is 9.97 Å². The SMILES string of the molecule is CSc1nc(C)c(CCC(=O)N(CCN(C)C)Cc2ccc(Cl)cc2)c(C)n1. The molecule has 152 valence electrons. The van der Waals surface area contributed by atoms with E-state index in [2.05, 4.69) is 14.9 Å². The fourth-order valence-electron chi connectivity index (χ4n) is 2.97. The second kappa shape index (κ2) is 10.8. The lowest BCUT2D eigenvalue weighted by Crippen LogP contribution is -2.36. The van der Waals surface area contributed by atoms with Crippen molar-refractivity contribution in [2.24, 2.45) is 0 Å². The van der Waals surface area contributed by atoms with Gasteiger partial charge < -0.3 is 9.80 Å². The number of benzene rings is 1. The van der Waals surface area contributed by atoms with Crippen LogP contribution in [0.15, 0.2) is 29.4 Å². The maximum Gasteiger partial charge on any atom is 0.223 e. The fraction of sp³-hybridized carbons (Fsp3) is 0.476. The summed E-state index contributed by atoms with van der Waals surface area (Å²) >= 11 is 7.52. The molecule has 0 saturated heterocycles. The number of nitrogens with zero attached hydrogens (tertiary/aromatic N) is 4. The largest absolute Gasteiger partial charge is 0.337 e. The van der Waals surface area contributed by atoms with Gasteiger partial charge in [0.05, 0.1) is 0 Å². The van der Waals surface area contributed by atoms with Crippen LogP contribution in [0.2, 0.25) is 5.02 Å². The van der Waals surface area contributed by atoms with E-state index in [0.29, 0.717) is 31.0 Å². The van der Waals surface area contributed by atoms with Crippen LogP contribution < -0.4 is 0 Å². The Labute approximate surface area is 177 Å². The van der Waals surface area contributed by atoms with Gasteiger partial charge in [0.15, 0.2) is 5.16 Å². The van der Waals surface area contributed by atoms with Crippen molar-refractivity contribution in [3.05, 3.63) is 51.8 Å². The lowest BCUT2D eigenvalue weighted by atomic mass is 10.1. The Morgan fingerprint density at radius 1 is 1.07 bits per heavy atom. The van der Waals surface area contributed by atoms with Gasteiger partial charge >= 0.3 is 0 Å². The van der Waals surface area contributed by atoms with E-state index in [1.165, 1.54) is 11.8 Å². The number of likely N-dealkylation sites (N-methyl/N-ethyl adjacent to an activating group) is 1. The zero-order valence-corrected chi connectivity index (χ0v) is 18.9. The molecule has 0 saturated carbocycles. The monoisotopic (exact) mass is 420 g/mol. The molecular formula is C21H29ClN4OS. The Hall–Kier alpha value is -1.63. The molecule has 0 N–H and O–H groups in total. The van der Waals surface area contributed by atoms with Crippen LogP contribution in [0.4, 0.5) is 0 Å². The molecule has 1 amide bonds. The summed E-state index contributed by atoms with van der Waals surface area (Å²) in [5.74, 6) is 0.143. The van der Waals surface area contributed by atoms with Crippen LogP contribution in [0.25, 0.3) is 0 Å². The van der Waals surface area contributed by atoms with Crippen LogP contribution in [-0.4, -0.2) is 59.1 Å². The van der Waals surface area contributed by atoms with E-state index in [1.807, 2.05) is 63.4 Å². The molecule has 1 aromatic heterocycles. The Bertz CT molecular complexity index is 772. The van der Waals surface area contributed by atoms with Crippen LogP contribution in [0, 0.1) is 13.8 Å². The van der Waals surface area contributed by atoms with E-state index in [4.69, 9.17) is 11.6 Å². The maximum atomic E-state index is 13.0. The molecule has 0 fully saturated rings. The van der Waals surface area contributed by atoms with Gasteiger partial charge in [-0.05, 0) is 63.9 Å². The number of rotatable bonds is 9. The molecule has 1 heterocycles. The molecular weight excluding hydrogens is 392 g/mol. The molecule has 0 unspecified atom stereocenters. The van der Waals surface area contributed by atoms with Crippen LogP contribution in [0.5, 0.6) is 0 Å². The predicted molar refractivity (Wildman–Crippen MR) is 117 cm³/mol. The summed E-state index contributed by atoms with van der Waals surface area (Å²) in [7, 11) is 4.03. The number of amides is 1. The summed E-state index contributed by atoms with van der Waals surface area (Å²) in [5, 5.41) is 1.48. The highest BCUT2D eigenvalue weighted by molar-refractivity contribution is 7.98. The van der Waals surface area contributed by atoms with Gasteiger partial charge in [-0.2, -0.15) is 0 Å². The highest BCUT2D eigenvalue weighted by Gasteiger charge is 2.16. The number of aromatic nitrogens is 2. The van der Waals surface area contributed by atoms with Gasteiger partial charge in [0.25, 0.3) is 0 Å². The average molecular weight is 421 g/mol. The van der Waals surface area contributed by atoms with E-state index in [1.54, 1.807) is 0 Å². The standard InChI is InChI=1S/C21H29ClN4OS/c1-15-19(16(2)24-21(23-15)28-5)10-11-20(27)26(13-12-25(3)4)14-17-6-8-18(22)9-7-17/h6-9H,10-14H2,1-5H3. The molecule has 28 heavy (non-hydrogen) atoms. The van der Waals surface area contributed by atoms with E-state index in [0.717, 1.165) is 34.2 Å². The first-order chi connectivity index (χ1) is 13.3. The maximum absolute atomic E-state index is 13.0. The third-order valence-corrected chi connectivity index (χ3v) is 5.43. The van der Waals surface area contributed by atoms with Crippen molar-refractivity contribution in [3.8, 4) is 0 Å². The summed E-state index contributed by atoms with van der Waals surface area (Å²) in [6.07, 6.45) is 3.08. The zero-order valence-electron chi connectivity index (χ0n) is 17.3. The average Bonchev–Trinajstić information content (AvgIpc) is 2.65. The van der Waals surface area contributed by atoms with Crippen molar-refractivity contribution in [1.29, 1.82) is 0 Å². The molecule has 0 atom stereocenters. The first-order valence-corrected chi connectivity index (χ1v) is 11.0. The predicted octanol–water partition coefficient (Wildman–Crippen LogP) is 3.99. The second-order valence-electron chi connectivity index (χ2n) is 7.10. The number of carbonyl (C=O) groups excluding carboxylic acids is 1. The van der Waals surface area contributed by atoms with Gasteiger partial charge in [0.1, 0.15) is 0 Å². The van der Waals surface area contributed by atoms with E-state index < -0.39 is 0 Å². The lowest BCUT2D eigenvalue weighted by Gasteiger charge is -2.25. The number of hydrogen-bond acceptors (Lipinski definition) is 5. The van der Waals surface area contributed by atoms with Gasteiger partial charge in [0.2, 0.25) is 5.91 Å². The van der Waals surface area contributed by atoms with Crippen LogP contribution in [-0.2, 0) is 17.8 Å². The first kappa shape index (κ1) is 22.7. The lowest BCUT2D eigenvalue weighted by molar-refractivity contribution is -0.131. The van der Waals surface area contributed by atoms with Crippen molar-refractivity contribution in [1.82, 2.24) is 19.8 Å². The minimum Gasteiger partial charge on any atom is -0.337 e. The van der Waals surface area contributed by atoms with Gasteiger partial charge in [-0.1, -0.05) is 35.5 Å². The third-order valence-electron chi connectivity index (χ3n) is 4.63. The van der Waals surface area contributed by atoms with Gasteiger partial charge in [0, 0.05) is 42.5 Å². The topological polar surface area (TPSA) is 49.3 Å². The summed E-state index contributed by atoms with van der Waals surface area (Å²) in [5.41, 5.74) is 4.08. The van der Waals surface area contributed by atoms with Gasteiger partial charge in [-0.3, -0.25) is 4.79 Å². The number of carbonyl (C=O) groups is 1. The van der Waals surface area contributed by atoms with Gasteiger partial charge in [-0.15, -0.1) is 0 Å². The van der Waals surface area contributed by atoms with Crippen molar-refractivity contribution < 1.29 is 4.79 Å². The summed E-state index contributed by atoms with van der Waals surface area (Å²) in [6, 6.07) is 7.68. The summed E-state index contributed by atoms with van der Waals surface area (Å²) in [6.45, 7) is 6.08. The van der Waals surface area contributed by atoms with Crippen LogP contribution in [0.1, 0.15) is 28.9 Å². The third kappa shape index (κ3) is 6.76. The molecule has 0 bridgehead atoms. The highest BCUT2D eigenvalue weighted by atomic mass is 35.5. The molecule has 2 rings (SSSR count). The van der Waals surface area contributed by atoms with Crippen molar-refractivity contribution >= 4 is 29.3 Å². The Kier molecular flexibility index (Phi) is 8.73. The Morgan fingerprint density at radius 2 is 1.68 bits per heavy atom. The van der Waals surface area contributed by atoms with Crippen molar-refractivity contribution in [3.63, 3.8) is 0 Å². The fourth-order valence-corrected chi connectivity index (χ4v) is 3.56. The number of aryl methyl sites for hydroxylation is 2. The summed E-state index contributed by atoms with van der Waals surface area (Å²) in [4.78, 5) is 26.0. The highest BCUT2D eigenvalue weighted by Crippen LogP contribution is 2.18. The molecule has 0 aliphatic rings. The normalized spacial score (nSPS) is 11.1. The Balaban J connectivity index is 2.08. The molecule has 0 radical (unpaired) electrons. The van der Waals surface area contributed by atoms with E-state index in [-0.39, 0.29) is 5.91 Å². The first-order valence-electron chi connectivity index (χ1n) is 9.35. The molecule has 2 aromatic rings. The van der Waals surface area contributed by atoms with Crippen LogP contribution in [0.3, 0.4) is 0 Å². The number of hydrogen-bond donors (Lipinski definition) is 0. The Morgan fingerprint density at radius 3 is 2.21 bits per heavy atom. The minimum absolute atomic E-state index is 0.143. The van der Waals surface area contributed by atoms with E-state index >= 15 is 0 Å². The van der Waals surface area contributed by atoms with Crippen molar-refractivity contribution in [2.75, 3.05) is 33.4 Å². The zero-order chi connectivity index (χ0) is 20.7. The van der Waals surface area contributed by atoms with Crippen molar-refractivity contribution in [2.45, 2.75) is 38.4 Å². The molecule has 7 heteroatoms. The van der Waals surface area contributed by atoms with E-state index in [9.17, 15) is 4.79 Å². The molecule has 1 aromatic carbocycles. The van der Waals surface area contributed by atoms with Crippen LogP contribution >= 0.6 is 23.4 Å². The molecule has 0 spiro atoms. The molecule has 5 nitrogen and oxygen atoms in total. The summed E-state index contributed by atoms with van der Waals surface area (Å²) < 4.78 is 0. The number of halogens is 1. The molecule has 0 aliphatic carbocycles. The molecule has 0 aliphatic heterocycles. The number of thioether (sulfide) groups is 1. The quantitative estimate of drug-likeness (QED) is 0.453. The second-order valence-corrected chi connectivity index (χ2v) is 8.31. The smallest absolute Gasteiger partial charge is 0.223 e. The minimum atomic E-state index is 0.143.